The van der Waals surface area contributed by atoms with Crippen molar-refractivity contribution < 1.29 is 18.9 Å². The minimum absolute atomic E-state index is 0.0793. The monoisotopic (exact) mass is 327 g/mol. The first-order valence-electron chi connectivity index (χ1n) is 6.63. The van der Waals surface area contributed by atoms with Crippen molar-refractivity contribution in [1.82, 2.24) is 5.32 Å². The minimum Gasteiger partial charge on any atom is -0.478 e. The number of aliphatic carboxylic acids is 1. The highest BCUT2D eigenvalue weighted by molar-refractivity contribution is 7.85. The minimum atomic E-state index is -1.01. The van der Waals surface area contributed by atoms with Crippen molar-refractivity contribution in [1.29, 1.82) is 0 Å². The molecule has 1 fully saturated rings. The number of hydrogen-bond donors (Lipinski definition) is 2. The number of rotatable bonds is 4. The van der Waals surface area contributed by atoms with E-state index in [1.807, 2.05) is 6.92 Å². The van der Waals surface area contributed by atoms with Gasteiger partial charge in [0.25, 0.3) is 5.91 Å². The molecule has 0 radical (unpaired) electrons. The third-order valence-electron chi connectivity index (χ3n) is 3.28. The number of thiophene rings is 1. The molecule has 0 aliphatic carbocycles. The van der Waals surface area contributed by atoms with Crippen molar-refractivity contribution in [3.05, 3.63) is 27.5 Å². The summed E-state index contributed by atoms with van der Waals surface area (Å²) < 4.78 is 11.3. The van der Waals surface area contributed by atoms with Crippen molar-refractivity contribution in [2.75, 3.05) is 11.5 Å². The second kappa shape index (κ2) is 7.00. The standard InChI is InChI=1S/C14H17NO4S2/c1-9-8-12(20-11(9)2-3-13(16)17)14(18)15-10-4-6-21(19)7-5-10/h2-3,8,10H,4-7H2,1H3,(H,15,18)(H,16,17)/b3-2+. The van der Waals surface area contributed by atoms with Gasteiger partial charge in [-0.1, -0.05) is 0 Å². The zero-order valence-corrected chi connectivity index (χ0v) is 13.3. The molecule has 1 aliphatic rings. The van der Waals surface area contributed by atoms with E-state index in [1.54, 1.807) is 6.07 Å². The van der Waals surface area contributed by atoms with Crippen LogP contribution in [0.15, 0.2) is 12.1 Å². The molecule has 0 bridgehead atoms. The Bertz CT molecular complexity index is 596. The molecule has 0 saturated carbocycles. The number of carboxylic acids is 1. The lowest BCUT2D eigenvalue weighted by atomic mass is 10.1. The summed E-state index contributed by atoms with van der Waals surface area (Å²) in [5.41, 5.74) is 0.882. The number of aryl methyl sites for hydroxylation is 1. The smallest absolute Gasteiger partial charge is 0.328 e. The molecule has 114 valence electrons. The molecule has 2 N–H and O–H groups in total. The zero-order valence-electron chi connectivity index (χ0n) is 11.6. The molecular formula is C14H17NO4S2. The van der Waals surface area contributed by atoms with Gasteiger partial charge in [-0.25, -0.2) is 4.79 Å². The summed E-state index contributed by atoms with van der Waals surface area (Å²) in [4.78, 5) is 24.1. The summed E-state index contributed by atoms with van der Waals surface area (Å²) in [6, 6.07) is 1.85. The second-order valence-corrected chi connectivity index (χ2v) is 7.71. The average molecular weight is 327 g/mol. The fourth-order valence-electron chi connectivity index (χ4n) is 2.12. The van der Waals surface area contributed by atoms with Crippen LogP contribution >= 0.6 is 11.3 Å². The van der Waals surface area contributed by atoms with Gasteiger partial charge < -0.3 is 10.4 Å². The molecule has 2 heterocycles. The van der Waals surface area contributed by atoms with E-state index in [0.29, 0.717) is 16.4 Å². The Labute approximate surface area is 129 Å². The Morgan fingerprint density at radius 1 is 1.43 bits per heavy atom. The van der Waals surface area contributed by atoms with Crippen LogP contribution in [0.2, 0.25) is 0 Å². The lowest BCUT2D eigenvalue weighted by Crippen LogP contribution is -2.39. The predicted molar refractivity (Wildman–Crippen MR) is 84.1 cm³/mol. The summed E-state index contributed by atoms with van der Waals surface area (Å²) in [6.07, 6.45) is 4.06. The van der Waals surface area contributed by atoms with Crippen LogP contribution in [0.4, 0.5) is 0 Å². The van der Waals surface area contributed by atoms with Crippen LogP contribution in [0.25, 0.3) is 6.08 Å². The van der Waals surface area contributed by atoms with E-state index in [-0.39, 0.29) is 11.9 Å². The molecule has 1 saturated heterocycles. The van der Waals surface area contributed by atoms with E-state index >= 15 is 0 Å². The number of carbonyl (C=O) groups excluding carboxylic acids is 1. The fourth-order valence-corrected chi connectivity index (χ4v) is 4.39. The van der Waals surface area contributed by atoms with Gasteiger partial charge >= 0.3 is 5.97 Å². The highest BCUT2D eigenvalue weighted by atomic mass is 32.2. The summed E-state index contributed by atoms with van der Waals surface area (Å²) >= 11 is 1.28. The first-order valence-corrected chi connectivity index (χ1v) is 8.93. The van der Waals surface area contributed by atoms with Gasteiger partial charge in [0, 0.05) is 39.3 Å². The Morgan fingerprint density at radius 3 is 2.71 bits per heavy atom. The van der Waals surface area contributed by atoms with Crippen molar-refractivity contribution in [3.8, 4) is 0 Å². The fraction of sp³-hybridized carbons (Fsp3) is 0.429. The van der Waals surface area contributed by atoms with Gasteiger partial charge in [0.2, 0.25) is 0 Å². The zero-order chi connectivity index (χ0) is 15.4. The highest BCUT2D eigenvalue weighted by Gasteiger charge is 2.21. The van der Waals surface area contributed by atoms with E-state index in [1.165, 1.54) is 17.4 Å². The second-order valence-electron chi connectivity index (χ2n) is 4.93. The maximum Gasteiger partial charge on any atom is 0.328 e. The van der Waals surface area contributed by atoms with Crippen LogP contribution in [0.1, 0.15) is 33.0 Å². The van der Waals surface area contributed by atoms with Crippen LogP contribution in [-0.4, -0.2) is 38.7 Å². The SMILES string of the molecule is Cc1cc(C(=O)NC2CCS(=O)CC2)sc1/C=C/C(=O)O. The largest absolute Gasteiger partial charge is 0.478 e. The third-order valence-corrected chi connectivity index (χ3v) is 5.86. The third kappa shape index (κ3) is 4.50. The first-order chi connectivity index (χ1) is 9.95. The molecule has 0 atom stereocenters. The molecule has 1 amide bonds. The summed E-state index contributed by atoms with van der Waals surface area (Å²) in [6.45, 7) is 1.85. The van der Waals surface area contributed by atoms with Gasteiger partial charge in [0.15, 0.2) is 0 Å². The number of hydrogen-bond acceptors (Lipinski definition) is 4. The number of amides is 1. The van der Waals surface area contributed by atoms with Gasteiger partial charge in [-0.3, -0.25) is 9.00 Å². The van der Waals surface area contributed by atoms with Crippen LogP contribution in [0.5, 0.6) is 0 Å². The summed E-state index contributed by atoms with van der Waals surface area (Å²) in [5.74, 6) is 0.127. The van der Waals surface area contributed by atoms with Crippen LogP contribution < -0.4 is 5.32 Å². The lowest BCUT2D eigenvalue weighted by molar-refractivity contribution is -0.131. The normalized spacial score (nSPS) is 22.3. The van der Waals surface area contributed by atoms with E-state index in [0.717, 1.165) is 29.4 Å². The van der Waals surface area contributed by atoms with E-state index in [2.05, 4.69) is 5.32 Å². The van der Waals surface area contributed by atoms with Crippen LogP contribution in [0.3, 0.4) is 0 Å². The van der Waals surface area contributed by atoms with Gasteiger partial charge in [-0.2, -0.15) is 0 Å². The topological polar surface area (TPSA) is 83.5 Å². The van der Waals surface area contributed by atoms with Crippen molar-refractivity contribution in [3.63, 3.8) is 0 Å². The first kappa shape index (κ1) is 15.9. The van der Waals surface area contributed by atoms with E-state index in [9.17, 15) is 13.8 Å². The molecule has 0 aromatic carbocycles. The summed E-state index contributed by atoms with van der Waals surface area (Å²) in [7, 11) is -0.740. The molecule has 21 heavy (non-hydrogen) atoms. The van der Waals surface area contributed by atoms with Crippen LogP contribution in [-0.2, 0) is 15.6 Å². The Morgan fingerprint density at radius 2 is 2.10 bits per heavy atom. The van der Waals surface area contributed by atoms with Crippen LogP contribution in [0, 0.1) is 6.92 Å². The van der Waals surface area contributed by atoms with E-state index in [4.69, 9.17) is 5.11 Å². The molecule has 7 heteroatoms. The maximum absolute atomic E-state index is 12.2. The highest BCUT2D eigenvalue weighted by Crippen LogP contribution is 2.23. The average Bonchev–Trinajstić information content (AvgIpc) is 2.80. The number of carbonyl (C=O) groups is 2. The Hall–Kier alpha value is -1.47. The molecule has 5 nitrogen and oxygen atoms in total. The van der Waals surface area contributed by atoms with E-state index < -0.39 is 16.8 Å². The molecule has 0 unspecified atom stereocenters. The van der Waals surface area contributed by atoms with Crippen molar-refractivity contribution in [2.24, 2.45) is 0 Å². The Balaban J connectivity index is 2.01. The van der Waals surface area contributed by atoms with Gasteiger partial charge in [-0.05, 0) is 37.5 Å². The van der Waals surface area contributed by atoms with Gasteiger partial charge in [-0.15, -0.1) is 11.3 Å². The molecule has 0 spiro atoms. The quantitative estimate of drug-likeness (QED) is 0.826. The van der Waals surface area contributed by atoms with Gasteiger partial charge in [0.1, 0.15) is 0 Å². The van der Waals surface area contributed by atoms with Crippen molar-refractivity contribution >= 4 is 40.1 Å². The Kier molecular flexibility index (Phi) is 5.30. The van der Waals surface area contributed by atoms with Gasteiger partial charge in [0.05, 0.1) is 4.88 Å². The number of nitrogens with one attached hydrogen (secondary N) is 1. The molecule has 1 aromatic heterocycles. The molecular weight excluding hydrogens is 310 g/mol. The lowest BCUT2D eigenvalue weighted by Gasteiger charge is -2.22. The van der Waals surface area contributed by atoms with Crippen molar-refractivity contribution in [2.45, 2.75) is 25.8 Å². The summed E-state index contributed by atoms with van der Waals surface area (Å²) in [5, 5.41) is 11.6. The predicted octanol–water partition coefficient (Wildman–Crippen LogP) is 1.80. The maximum atomic E-state index is 12.2. The molecule has 1 aliphatic heterocycles. The number of carboxylic acid groups (broad SMARTS) is 1. The molecule has 2 rings (SSSR count). The molecule has 1 aromatic rings.